The Morgan fingerprint density at radius 3 is 1.56 bits per heavy atom. The maximum absolute atomic E-state index is 12.1. The molecule has 6 rings (SSSR count). The van der Waals surface area contributed by atoms with Crippen LogP contribution in [-0.4, -0.2) is 10.9 Å². The van der Waals surface area contributed by atoms with E-state index >= 15 is 0 Å². The van der Waals surface area contributed by atoms with E-state index in [9.17, 15) is 4.79 Å². The van der Waals surface area contributed by atoms with E-state index in [0.717, 1.165) is 28.7 Å². The third kappa shape index (κ3) is 4.69. The van der Waals surface area contributed by atoms with Crippen LogP contribution in [0.25, 0.3) is 22.0 Å². The number of nitrogens with zero attached hydrogens (tertiary/aromatic N) is 2. The van der Waals surface area contributed by atoms with Crippen LogP contribution in [0.5, 0.6) is 0 Å². The Balaban J connectivity index is 1.72. The number of rotatable bonds is 8. The van der Waals surface area contributed by atoms with Crippen LogP contribution in [0.15, 0.2) is 158 Å². The summed E-state index contributed by atoms with van der Waals surface area (Å²) in [5.74, 6) is 3.12. The summed E-state index contributed by atoms with van der Waals surface area (Å²) in [6.07, 6.45) is 2.83. The van der Waals surface area contributed by atoms with E-state index in [1.165, 1.54) is 15.9 Å². The van der Waals surface area contributed by atoms with Gasteiger partial charge < -0.3 is 9.88 Å². The van der Waals surface area contributed by atoms with Crippen LogP contribution in [0.1, 0.15) is 10.4 Å². The molecule has 0 atom stereocenters. The van der Waals surface area contributed by atoms with Crippen LogP contribution in [0.3, 0.4) is 0 Å². The highest BCUT2D eigenvalue weighted by atomic mass is 31.2. The standard InChI is InChI=1S/C35H27N2OP/c38-26-28-25-37(34-24-14-13-23-33(28)34)35(36-29-15-5-1-6-16-29)27-39(30-17-7-2-8-18-30,31-19-9-3-10-20-31)32-21-11-4-12-22-32/h1-27H/b35-27+. The first-order valence-electron chi connectivity index (χ1n) is 12.9. The maximum Gasteiger partial charge on any atom is 0.150 e. The molecular weight excluding hydrogens is 495 g/mol. The smallest absolute Gasteiger partial charge is 0.150 e. The van der Waals surface area contributed by atoms with Crippen molar-refractivity contribution in [2.45, 2.75) is 0 Å². The highest BCUT2D eigenvalue weighted by Gasteiger charge is 2.43. The monoisotopic (exact) mass is 522 g/mol. The number of aromatic nitrogens is 1. The Morgan fingerprint density at radius 2 is 1.05 bits per heavy atom. The molecule has 39 heavy (non-hydrogen) atoms. The van der Waals surface area contributed by atoms with Gasteiger partial charge in [0.2, 0.25) is 0 Å². The zero-order valence-corrected chi connectivity index (χ0v) is 22.2. The van der Waals surface area contributed by atoms with Crippen LogP contribution < -0.4 is 15.9 Å². The molecule has 4 heteroatoms. The fourth-order valence-electron chi connectivity index (χ4n) is 5.10. The zero-order valence-electron chi connectivity index (χ0n) is 21.3. The number of fused-ring (bicyclic) bond motifs is 1. The van der Waals surface area contributed by atoms with E-state index in [4.69, 9.17) is 5.32 Å². The van der Waals surface area contributed by atoms with Gasteiger partial charge in [0.05, 0.1) is 5.82 Å². The Bertz CT molecular complexity index is 1630. The summed E-state index contributed by atoms with van der Waals surface area (Å²) >= 11 is 0. The van der Waals surface area contributed by atoms with Crippen molar-refractivity contribution in [3.63, 3.8) is 0 Å². The number of benzene rings is 5. The molecule has 0 fully saturated rings. The minimum Gasteiger partial charge on any atom is -0.433 e. The molecule has 0 aliphatic heterocycles. The first-order valence-corrected chi connectivity index (χ1v) is 14.8. The molecule has 3 nitrogen and oxygen atoms in total. The molecule has 0 aliphatic carbocycles. The van der Waals surface area contributed by atoms with E-state index in [1.54, 1.807) is 0 Å². The number of carbonyl (C=O) groups is 1. The number of para-hydroxylation sites is 2. The van der Waals surface area contributed by atoms with Crippen molar-refractivity contribution >= 4 is 51.9 Å². The molecule has 0 saturated heterocycles. The fraction of sp³-hybridized carbons (Fsp3) is 0. The summed E-state index contributed by atoms with van der Waals surface area (Å²) in [6, 6.07) is 50.1. The molecule has 1 aromatic heterocycles. The lowest BCUT2D eigenvalue weighted by molar-refractivity contribution is 0.112. The average Bonchev–Trinajstić information content (AvgIpc) is 3.40. The molecule has 6 aromatic rings. The van der Waals surface area contributed by atoms with Crippen LogP contribution >= 0.6 is 7.26 Å². The van der Waals surface area contributed by atoms with Crippen molar-refractivity contribution in [3.05, 3.63) is 168 Å². The first kappa shape index (κ1) is 24.6. The molecular formula is C35H27N2OP. The number of carbonyl (C=O) groups excluding carboxylic acids is 1. The minimum atomic E-state index is -2.35. The van der Waals surface area contributed by atoms with Gasteiger partial charge in [-0.15, -0.1) is 0 Å². The summed E-state index contributed by atoms with van der Waals surface area (Å²) < 4.78 is 2.07. The Hall–Kier alpha value is -4.72. The third-order valence-electron chi connectivity index (χ3n) is 6.92. The van der Waals surface area contributed by atoms with E-state index < -0.39 is 7.26 Å². The lowest BCUT2D eigenvalue weighted by atomic mass is 10.2. The second-order valence-electron chi connectivity index (χ2n) is 9.25. The second-order valence-corrected chi connectivity index (χ2v) is 12.5. The van der Waals surface area contributed by atoms with Gasteiger partial charge in [0.1, 0.15) is 29.5 Å². The lowest BCUT2D eigenvalue weighted by Gasteiger charge is -2.30. The van der Waals surface area contributed by atoms with Crippen molar-refractivity contribution in [2.24, 2.45) is 0 Å². The first-order chi connectivity index (χ1) is 19.3. The second kappa shape index (κ2) is 10.9. The molecule has 0 aliphatic rings. The predicted molar refractivity (Wildman–Crippen MR) is 166 cm³/mol. The number of aldehydes is 1. The maximum atomic E-state index is 12.1. The highest BCUT2D eigenvalue weighted by molar-refractivity contribution is 7.98. The molecule has 188 valence electrons. The molecule has 0 N–H and O–H groups in total. The molecule has 5 aromatic carbocycles. The van der Waals surface area contributed by atoms with Crippen LogP contribution in [0, 0.1) is 0 Å². The van der Waals surface area contributed by atoms with Gasteiger partial charge in [0, 0.05) is 5.56 Å². The van der Waals surface area contributed by atoms with Gasteiger partial charge in [-0.25, -0.2) is 0 Å². The predicted octanol–water partition coefficient (Wildman–Crippen LogP) is 7.91. The summed E-state index contributed by atoms with van der Waals surface area (Å²) in [6.45, 7) is 0. The molecule has 0 bridgehead atoms. The van der Waals surface area contributed by atoms with Crippen LogP contribution in [-0.2, 0) is 0 Å². The average molecular weight is 523 g/mol. The van der Waals surface area contributed by atoms with Gasteiger partial charge in [0.25, 0.3) is 0 Å². The van der Waals surface area contributed by atoms with E-state index in [-0.39, 0.29) is 0 Å². The molecule has 0 spiro atoms. The number of hydrogen-bond acceptors (Lipinski definition) is 1. The van der Waals surface area contributed by atoms with Gasteiger partial charge >= 0.3 is 0 Å². The van der Waals surface area contributed by atoms with Crippen molar-refractivity contribution in [2.75, 3.05) is 0 Å². The van der Waals surface area contributed by atoms with Crippen LogP contribution in [0.2, 0.25) is 0 Å². The Morgan fingerprint density at radius 1 is 0.590 bits per heavy atom. The van der Waals surface area contributed by atoms with E-state index in [0.29, 0.717) is 5.56 Å². The molecule has 0 saturated carbocycles. The van der Waals surface area contributed by atoms with Gasteiger partial charge in [0.15, 0.2) is 0 Å². The molecule has 1 heterocycles. The van der Waals surface area contributed by atoms with Gasteiger partial charge in [-0.2, -0.15) is 0 Å². The SMILES string of the molecule is O=Cc1cn(/C(=C/[P+](c2ccccc2)(c2ccccc2)c2ccccc2)[N-]c2ccccc2)c2ccccc12. The molecule has 0 amide bonds. The molecule has 0 radical (unpaired) electrons. The highest BCUT2D eigenvalue weighted by Crippen LogP contribution is 2.59. The van der Waals surface area contributed by atoms with Crippen molar-refractivity contribution in [1.29, 1.82) is 0 Å². The topological polar surface area (TPSA) is 36.1 Å². The third-order valence-corrected chi connectivity index (χ3v) is 10.9. The summed E-state index contributed by atoms with van der Waals surface area (Å²) in [7, 11) is -2.35. The Labute approximate surface area is 229 Å². The van der Waals surface area contributed by atoms with Crippen molar-refractivity contribution in [3.8, 4) is 0 Å². The van der Waals surface area contributed by atoms with Crippen LogP contribution in [0.4, 0.5) is 5.69 Å². The number of hydrogen-bond donors (Lipinski definition) is 0. The quantitative estimate of drug-likeness (QED) is 0.148. The summed E-state index contributed by atoms with van der Waals surface area (Å²) in [5, 5.41) is 9.83. The van der Waals surface area contributed by atoms with Gasteiger partial charge in [-0.1, -0.05) is 115 Å². The zero-order chi connectivity index (χ0) is 26.5. The summed E-state index contributed by atoms with van der Waals surface area (Å²) in [4.78, 5) is 12.1. The fourth-order valence-corrected chi connectivity index (χ4v) is 8.90. The minimum absolute atomic E-state index is 0.642. The Kier molecular flexibility index (Phi) is 6.91. The molecule has 0 unspecified atom stereocenters. The van der Waals surface area contributed by atoms with Crippen molar-refractivity contribution < 1.29 is 4.79 Å². The normalized spacial score (nSPS) is 11.8. The van der Waals surface area contributed by atoms with Crippen molar-refractivity contribution in [1.82, 2.24) is 4.57 Å². The van der Waals surface area contributed by atoms with Gasteiger partial charge in [-0.3, -0.25) is 4.79 Å². The van der Waals surface area contributed by atoms with E-state index in [1.807, 2.05) is 60.8 Å². The summed E-state index contributed by atoms with van der Waals surface area (Å²) in [5.41, 5.74) is 2.43. The lowest BCUT2D eigenvalue weighted by Crippen LogP contribution is -2.30. The largest absolute Gasteiger partial charge is 0.433 e. The van der Waals surface area contributed by atoms with E-state index in [2.05, 4.69) is 101 Å². The van der Waals surface area contributed by atoms with Gasteiger partial charge in [-0.05, 0) is 58.8 Å².